The van der Waals surface area contributed by atoms with Crippen molar-refractivity contribution in [3.8, 4) is 0 Å². The smallest absolute Gasteiger partial charge is 0.220 e. The number of aliphatic hydroxyl groups excluding tert-OH is 5. The average Bonchev–Trinajstić information content (AvgIpc) is 3.34. The molecular formula is C59H101NO8. The third-order valence-electron chi connectivity index (χ3n) is 12.5. The van der Waals surface area contributed by atoms with Gasteiger partial charge < -0.3 is 40.3 Å². The van der Waals surface area contributed by atoms with Gasteiger partial charge in [0.2, 0.25) is 5.91 Å². The lowest BCUT2D eigenvalue weighted by atomic mass is 9.99. The van der Waals surface area contributed by atoms with Gasteiger partial charge in [-0.25, -0.2) is 0 Å². The first-order chi connectivity index (χ1) is 33.3. The summed E-state index contributed by atoms with van der Waals surface area (Å²) in [5, 5.41) is 54.6. The van der Waals surface area contributed by atoms with Crippen LogP contribution in [0.2, 0.25) is 0 Å². The van der Waals surface area contributed by atoms with Crippen molar-refractivity contribution in [3.05, 3.63) is 97.2 Å². The maximum absolute atomic E-state index is 13.0. The van der Waals surface area contributed by atoms with E-state index >= 15 is 0 Å². The third-order valence-corrected chi connectivity index (χ3v) is 12.5. The van der Waals surface area contributed by atoms with Gasteiger partial charge in [-0.1, -0.05) is 227 Å². The standard InChI is InChI=1S/C59H101NO8/c1-3-5-7-9-11-13-15-17-19-21-23-24-25-26-27-28-29-30-31-33-35-37-39-41-43-45-47-49-55(63)60-52(51-67-59-58(66)57(65)56(64)54(50-61)68-59)53(62)48-46-44-42-40-38-36-34-32-22-20-18-16-14-12-10-8-6-4-2/h5,7,11,13,17,19,23-24,26-27,29-30,33,35,39,41,52-54,56-59,61-62,64-66H,3-4,6,8-10,12,14-16,18,20-22,25,28,31-32,34,36-38,40,42-51H2,1-2H3,(H,60,63)/b7-5-,13-11-,19-17-,24-23-,27-26-,30-29-,35-33-,41-39-. The highest BCUT2D eigenvalue weighted by molar-refractivity contribution is 5.76. The Balaban J connectivity index is 2.30. The Morgan fingerprint density at radius 1 is 0.515 bits per heavy atom. The van der Waals surface area contributed by atoms with Gasteiger partial charge in [-0.2, -0.15) is 0 Å². The van der Waals surface area contributed by atoms with E-state index in [2.05, 4.69) is 116 Å². The van der Waals surface area contributed by atoms with Gasteiger partial charge >= 0.3 is 0 Å². The van der Waals surface area contributed by atoms with Crippen LogP contribution >= 0.6 is 0 Å². The second-order valence-electron chi connectivity index (χ2n) is 18.6. The number of carbonyl (C=O) groups excluding carboxylic acids is 1. The summed E-state index contributed by atoms with van der Waals surface area (Å²) in [5.41, 5.74) is 0. The molecule has 390 valence electrons. The molecule has 0 aromatic rings. The van der Waals surface area contributed by atoms with E-state index in [4.69, 9.17) is 9.47 Å². The van der Waals surface area contributed by atoms with Gasteiger partial charge in [0.05, 0.1) is 25.4 Å². The summed E-state index contributed by atoms with van der Waals surface area (Å²) in [7, 11) is 0. The zero-order chi connectivity index (χ0) is 49.4. The summed E-state index contributed by atoms with van der Waals surface area (Å²) in [6.45, 7) is 3.70. The van der Waals surface area contributed by atoms with Crippen molar-refractivity contribution >= 4 is 5.91 Å². The molecule has 9 nitrogen and oxygen atoms in total. The molecule has 0 radical (unpaired) electrons. The van der Waals surface area contributed by atoms with E-state index in [0.29, 0.717) is 19.3 Å². The van der Waals surface area contributed by atoms with Crippen LogP contribution in [0.1, 0.15) is 213 Å². The number of nitrogens with one attached hydrogen (secondary N) is 1. The highest BCUT2D eigenvalue weighted by atomic mass is 16.7. The zero-order valence-corrected chi connectivity index (χ0v) is 43.1. The number of amides is 1. The Bertz CT molecular complexity index is 1380. The summed E-state index contributed by atoms with van der Waals surface area (Å²) in [4.78, 5) is 13.0. The summed E-state index contributed by atoms with van der Waals surface area (Å²) >= 11 is 0. The first-order valence-corrected chi connectivity index (χ1v) is 27.4. The summed E-state index contributed by atoms with van der Waals surface area (Å²) < 4.78 is 11.3. The van der Waals surface area contributed by atoms with Gasteiger partial charge in [-0.3, -0.25) is 4.79 Å². The van der Waals surface area contributed by atoms with Gasteiger partial charge in [0, 0.05) is 6.42 Å². The first kappa shape index (κ1) is 63.1. The minimum Gasteiger partial charge on any atom is -0.394 e. The first-order valence-electron chi connectivity index (χ1n) is 27.4. The fourth-order valence-corrected chi connectivity index (χ4v) is 8.12. The number of ether oxygens (including phenoxy) is 2. The van der Waals surface area contributed by atoms with E-state index < -0.39 is 49.5 Å². The number of hydrogen-bond donors (Lipinski definition) is 6. The lowest BCUT2D eigenvalue weighted by molar-refractivity contribution is -0.302. The van der Waals surface area contributed by atoms with Gasteiger partial charge in [0.25, 0.3) is 0 Å². The van der Waals surface area contributed by atoms with E-state index in [0.717, 1.165) is 83.5 Å². The molecule has 7 unspecified atom stereocenters. The predicted molar refractivity (Wildman–Crippen MR) is 285 cm³/mol. The molecule has 1 amide bonds. The van der Waals surface area contributed by atoms with Crippen LogP contribution in [0, 0.1) is 0 Å². The van der Waals surface area contributed by atoms with Crippen LogP contribution in [-0.2, 0) is 14.3 Å². The Kier molecular flexibility index (Phi) is 44.3. The summed E-state index contributed by atoms with van der Waals surface area (Å²) in [6, 6.07) is -0.750. The van der Waals surface area contributed by atoms with E-state index in [1.54, 1.807) is 0 Å². The van der Waals surface area contributed by atoms with Crippen LogP contribution in [-0.4, -0.2) is 87.5 Å². The molecule has 9 heteroatoms. The Morgan fingerprint density at radius 3 is 1.32 bits per heavy atom. The van der Waals surface area contributed by atoms with Gasteiger partial charge in [0.1, 0.15) is 24.4 Å². The number of aliphatic hydroxyl groups is 5. The van der Waals surface area contributed by atoms with E-state index in [1.807, 2.05) is 0 Å². The third kappa shape index (κ3) is 37.0. The van der Waals surface area contributed by atoms with Gasteiger partial charge in [0.15, 0.2) is 6.29 Å². The lowest BCUT2D eigenvalue weighted by Crippen LogP contribution is -2.60. The molecule has 0 saturated carbocycles. The SMILES string of the molecule is CC/C=C\C/C=C\C/C=C\C/C=C\C/C=C\C/C=C\C/C=C\C/C=C\CCCCC(=O)NC(COC1OC(CO)C(O)C(O)C1O)C(O)CCCCCCCCCCCCCCCCCCCC. The quantitative estimate of drug-likeness (QED) is 0.0261. The molecule has 1 heterocycles. The van der Waals surface area contributed by atoms with E-state index in [-0.39, 0.29) is 12.5 Å². The Labute approximate surface area is 415 Å². The van der Waals surface area contributed by atoms with Crippen LogP contribution in [0.3, 0.4) is 0 Å². The van der Waals surface area contributed by atoms with Gasteiger partial charge in [-0.15, -0.1) is 0 Å². The number of allylic oxidation sites excluding steroid dienone is 16. The zero-order valence-electron chi connectivity index (χ0n) is 43.1. The van der Waals surface area contributed by atoms with Crippen LogP contribution in [0.15, 0.2) is 97.2 Å². The van der Waals surface area contributed by atoms with Crippen molar-refractivity contribution in [2.75, 3.05) is 13.2 Å². The molecule has 1 aliphatic heterocycles. The molecule has 7 atom stereocenters. The molecule has 0 aromatic carbocycles. The van der Waals surface area contributed by atoms with E-state index in [9.17, 15) is 30.3 Å². The van der Waals surface area contributed by atoms with Crippen LogP contribution in [0.4, 0.5) is 0 Å². The molecule has 1 fully saturated rings. The number of hydrogen-bond acceptors (Lipinski definition) is 8. The summed E-state index contributed by atoms with van der Waals surface area (Å²) in [5.74, 6) is -0.189. The van der Waals surface area contributed by atoms with Crippen LogP contribution < -0.4 is 5.32 Å². The fraction of sp³-hybridized carbons (Fsp3) is 0.712. The van der Waals surface area contributed by atoms with Crippen molar-refractivity contribution in [1.82, 2.24) is 5.32 Å². The highest BCUT2D eigenvalue weighted by Crippen LogP contribution is 2.23. The van der Waals surface area contributed by atoms with Gasteiger partial charge in [-0.05, 0) is 77.0 Å². The van der Waals surface area contributed by atoms with Crippen LogP contribution in [0.5, 0.6) is 0 Å². The van der Waals surface area contributed by atoms with Crippen molar-refractivity contribution in [3.63, 3.8) is 0 Å². The molecule has 6 N–H and O–H groups in total. The van der Waals surface area contributed by atoms with Crippen molar-refractivity contribution in [2.24, 2.45) is 0 Å². The molecule has 0 bridgehead atoms. The number of unbranched alkanes of at least 4 members (excludes halogenated alkanes) is 19. The molecule has 1 aliphatic rings. The topological polar surface area (TPSA) is 149 Å². The highest BCUT2D eigenvalue weighted by Gasteiger charge is 2.44. The molecular weight excluding hydrogens is 851 g/mol. The predicted octanol–water partition coefficient (Wildman–Crippen LogP) is 13.2. The Hall–Kier alpha value is -2.89. The molecule has 0 aliphatic carbocycles. The normalized spacial score (nSPS) is 20.4. The Morgan fingerprint density at radius 2 is 0.912 bits per heavy atom. The molecule has 68 heavy (non-hydrogen) atoms. The fourth-order valence-electron chi connectivity index (χ4n) is 8.12. The van der Waals surface area contributed by atoms with Crippen molar-refractivity contribution < 1.29 is 39.8 Å². The molecule has 0 aromatic heterocycles. The second kappa shape index (κ2) is 47.8. The molecule has 0 spiro atoms. The van der Waals surface area contributed by atoms with Crippen molar-refractivity contribution in [2.45, 2.75) is 256 Å². The largest absolute Gasteiger partial charge is 0.394 e. The lowest BCUT2D eigenvalue weighted by Gasteiger charge is -2.40. The van der Waals surface area contributed by atoms with Crippen molar-refractivity contribution in [1.29, 1.82) is 0 Å². The van der Waals surface area contributed by atoms with E-state index in [1.165, 1.54) is 96.3 Å². The second-order valence-corrected chi connectivity index (χ2v) is 18.6. The molecule has 1 saturated heterocycles. The maximum Gasteiger partial charge on any atom is 0.220 e. The number of carbonyl (C=O) groups is 1. The summed E-state index contributed by atoms with van der Waals surface area (Å²) in [6.07, 6.45) is 61.3. The average molecular weight is 952 g/mol. The van der Waals surface area contributed by atoms with Crippen LogP contribution in [0.25, 0.3) is 0 Å². The monoisotopic (exact) mass is 952 g/mol. The minimum atomic E-state index is -1.57. The minimum absolute atomic E-state index is 0.162. The molecule has 1 rings (SSSR count). The maximum atomic E-state index is 13.0. The number of rotatable bonds is 45.